The van der Waals surface area contributed by atoms with E-state index in [-0.39, 0.29) is 7.69 Å². The first kappa shape index (κ1) is 10.1. The summed E-state index contributed by atoms with van der Waals surface area (Å²) in [5, 5.41) is 17.5. The molecule has 0 atom stereocenters. The molecule has 0 aromatic carbocycles. The van der Waals surface area contributed by atoms with E-state index in [1.165, 1.54) is 7.11 Å². The fraction of sp³-hybridized carbons (Fsp3) is 1.00. The number of rotatable bonds is 3. The first-order valence-corrected chi connectivity index (χ1v) is 3.15. The molecule has 0 amide bonds. The zero-order valence-electron chi connectivity index (χ0n) is 6.37. The fourth-order valence-electron chi connectivity index (χ4n) is 0.549. The smallest absolute Gasteiger partial charge is 0.430 e. The van der Waals surface area contributed by atoms with E-state index in [4.69, 9.17) is 10.0 Å². The predicted octanol–water partition coefficient (Wildman–Crippen LogP) is -3.08. The van der Waals surface area contributed by atoms with Gasteiger partial charge >= 0.3 is 29.6 Å². The maximum atomic E-state index is 8.77. The minimum atomic E-state index is -1.46. The van der Waals surface area contributed by atoms with Crippen molar-refractivity contribution in [3.63, 3.8) is 0 Å². The Kier molecular flexibility index (Phi) is 4.09. The van der Waals surface area contributed by atoms with Gasteiger partial charge in [-0.25, -0.2) is 0 Å². The SMILES string of the molecule is COB(O)OB1OBOB(O)O1. The Morgan fingerprint density at radius 2 is 2.25 bits per heavy atom. The molecule has 1 heterocycles. The molecule has 0 aromatic rings. The minimum Gasteiger partial charge on any atom is -0.430 e. The van der Waals surface area contributed by atoms with Gasteiger partial charge in [0.2, 0.25) is 0 Å². The second kappa shape index (κ2) is 4.87. The van der Waals surface area contributed by atoms with Crippen LogP contribution in [0.4, 0.5) is 0 Å². The second-order valence-electron chi connectivity index (χ2n) is 1.86. The molecule has 1 fully saturated rings. The maximum Gasteiger partial charge on any atom is 0.624 e. The van der Waals surface area contributed by atoms with E-state index >= 15 is 0 Å². The van der Waals surface area contributed by atoms with Crippen LogP contribution in [-0.4, -0.2) is 46.8 Å². The average Bonchev–Trinajstić information content (AvgIpc) is 2.04. The third-order valence-corrected chi connectivity index (χ3v) is 1.07. The number of hydrogen-bond acceptors (Lipinski definition) is 7. The van der Waals surface area contributed by atoms with Crippen molar-refractivity contribution in [3.05, 3.63) is 0 Å². The molecule has 1 aliphatic heterocycles. The summed E-state index contributed by atoms with van der Waals surface area (Å²) in [5.74, 6) is 0. The zero-order chi connectivity index (χ0) is 8.97. The molecule has 7 nitrogen and oxygen atoms in total. The standard InChI is InChI=1S/CH6B4O7/c1-8-3(6)11-5-10-2-9-4(7)12-5/h2,6-7H,1H3. The summed E-state index contributed by atoms with van der Waals surface area (Å²) in [4.78, 5) is 0. The van der Waals surface area contributed by atoms with Crippen molar-refractivity contribution < 1.29 is 33.0 Å². The highest BCUT2D eigenvalue weighted by Gasteiger charge is 2.38. The van der Waals surface area contributed by atoms with Crippen LogP contribution in [0.15, 0.2) is 0 Å². The van der Waals surface area contributed by atoms with Crippen LogP contribution in [-0.2, 0) is 22.9 Å². The summed E-state index contributed by atoms with van der Waals surface area (Å²) in [6.45, 7) is 0. The van der Waals surface area contributed by atoms with Crippen molar-refractivity contribution in [1.29, 1.82) is 0 Å². The van der Waals surface area contributed by atoms with E-state index in [1.807, 2.05) is 0 Å². The molecule has 64 valence electrons. The van der Waals surface area contributed by atoms with Gasteiger partial charge in [-0.15, -0.1) is 0 Å². The van der Waals surface area contributed by atoms with Gasteiger partial charge in [-0.3, -0.25) is 0 Å². The molecule has 0 spiro atoms. The van der Waals surface area contributed by atoms with E-state index in [2.05, 4.69) is 22.9 Å². The van der Waals surface area contributed by atoms with Crippen LogP contribution in [0.5, 0.6) is 0 Å². The van der Waals surface area contributed by atoms with E-state index < -0.39 is 22.0 Å². The van der Waals surface area contributed by atoms with Gasteiger partial charge in [0.25, 0.3) is 0 Å². The van der Waals surface area contributed by atoms with Crippen molar-refractivity contribution >= 4 is 29.6 Å². The first-order chi connectivity index (χ1) is 5.72. The molecule has 0 bridgehead atoms. The summed E-state index contributed by atoms with van der Waals surface area (Å²) >= 11 is 0. The van der Waals surface area contributed by atoms with Crippen LogP contribution in [0.3, 0.4) is 0 Å². The summed E-state index contributed by atoms with van der Waals surface area (Å²) in [7, 11) is -3.00. The molecular formula is CH6B4O7. The van der Waals surface area contributed by atoms with Gasteiger partial charge in [0.1, 0.15) is 0 Å². The van der Waals surface area contributed by atoms with Gasteiger partial charge in [0, 0.05) is 7.11 Å². The lowest BCUT2D eigenvalue weighted by molar-refractivity contribution is 0.151. The molecule has 1 rings (SSSR count). The van der Waals surface area contributed by atoms with E-state index in [9.17, 15) is 0 Å². The van der Waals surface area contributed by atoms with Crippen molar-refractivity contribution in [1.82, 2.24) is 0 Å². The van der Waals surface area contributed by atoms with E-state index in [0.29, 0.717) is 0 Å². The van der Waals surface area contributed by atoms with Gasteiger partial charge in [-0.05, 0) is 0 Å². The van der Waals surface area contributed by atoms with Crippen LogP contribution in [0.25, 0.3) is 0 Å². The Balaban J connectivity index is 2.22. The van der Waals surface area contributed by atoms with Crippen molar-refractivity contribution in [2.45, 2.75) is 0 Å². The third-order valence-electron chi connectivity index (χ3n) is 1.07. The molecule has 1 saturated heterocycles. The Morgan fingerprint density at radius 3 is 2.83 bits per heavy atom. The molecule has 0 radical (unpaired) electrons. The quantitative estimate of drug-likeness (QED) is 0.438. The first-order valence-electron chi connectivity index (χ1n) is 3.15. The van der Waals surface area contributed by atoms with Gasteiger partial charge in [-0.2, -0.15) is 0 Å². The van der Waals surface area contributed by atoms with Crippen LogP contribution >= 0.6 is 0 Å². The average molecular weight is 173 g/mol. The Hall–Kier alpha value is -0.0203. The fourth-order valence-corrected chi connectivity index (χ4v) is 0.549. The normalized spacial score (nSPS) is 17.6. The van der Waals surface area contributed by atoms with Crippen molar-refractivity contribution in [3.8, 4) is 0 Å². The summed E-state index contributed by atoms with van der Waals surface area (Å²) in [6, 6.07) is 0. The van der Waals surface area contributed by atoms with Crippen molar-refractivity contribution in [2.75, 3.05) is 7.11 Å². The topological polar surface area (TPSA) is 86.6 Å². The molecule has 12 heavy (non-hydrogen) atoms. The van der Waals surface area contributed by atoms with Gasteiger partial charge in [0.15, 0.2) is 0 Å². The van der Waals surface area contributed by atoms with Gasteiger partial charge in [0.05, 0.1) is 0 Å². The monoisotopic (exact) mass is 174 g/mol. The van der Waals surface area contributed by atoms with Crippen molar-refractivity contribution in [2.24, 2.45) is 0 Å². The summed E-state index contributed by atoms with van der Waals surface area (Å²) < 4.78 is 22.5. The molecule has 0 unspecified atom stereocenters. The Labute approximate surface area is 70.7 Å². The molecule has 0 aliphatic carbocycles. The third kappa shape index (κ3) is 3.15. The zero-order valence-corrected chi connectivity index (χ0v) is 6.37. The maximum absolute atomic E-state index is 8.77. The highest BCUT2D eigenvalue weighted by molar-refractivity contribution is 6.65. The Bertz CT molecular complexity index is 133. The van der Waals surface area contributed by atoms with Gasteiger partial charge in [-0.1, -0.05) is 0 Å². The lowest BCUT2D eigenvalue weighted by Crippen LogP contribution is -2.47. The number of hydrogen-bond donors (Lipinski definition) is 2. The Morgan fingerprint density at radius 1 is 1.50 bits per heavy atom. The molecule has 2 N–H and O–H groups in total. The van der Waals surface area contributed by atoms with E-state index in [0.717, 1.165) is 0 Å². The second-order valence-corrected chi connectivity index (χ2v) is 1.86. The lowest BCUT2D eigenvalue weighted by atomic mass is 9.99. The molecule has 0 aromatic heterocycles. The largest absolute Gasteiger partial charge is 0.624 e. The van der Waals surface area contributed by atoms with Crippen LogP contribution in [0, 0.1) is 0 Å². The summed E-state index contributed by atoms with van der Waals surface area (Å²) in [5.41, 5.74) is 0. The molecule has 0 saturated carbocycles. The lowest BCUT2D eigenvalue weighted by Gasteiger charge is -2.21. The minimum absolute atomic E-state index is 0.178. The molecule has 1 aliphatic rings. The van der Waals surface area contributed by atoms with Crippen LogP contribution in [0.1, 0.15) is 0 Å². The van der Waals surface area contributed by atoms with Gasteiger partial charge < -0.3 is 33.0 Å². The van der Waals surface area contributed by atoms with Crippen LogP contribution in [0.2, 0.25) is 0 Å². The molecule has 11 heteroatoms. The van der Waals surface area contributed by atoms with E-state index in [1.54, 1.807) is 0 Å². The predicted molar refractivity (Wildman–Crippen MR) is 40.2 cm³/mol. The van der Waals surface area contributed by atoms with Crippen LogP contribution < -0.4 is 0 Å². The highest BCUT2D eigenvalue weighted by Crippen LogP contribution is 2.01. The highest BCUT2D eigenvalue weighted by atomic mass is 16.8. The summed E-state index contributed by atoms with van der Waals surface area (Å²) in [6.07, 6.45) is 0. The molecular weight excluding hydrogens is 167 g/mol.